The molecule has 4 rings (SSSR count). The first-order valence-electron chi connectivity index (χ1n) is 8.63. The fourth-order valence-corrected chi connectivity index (χ4v) is 3.63. The summed E-state index contributed by atoms with van der Waals surface area (Å²) in [7, 11) is -4.36. The molecule has 0 radical (unpaired) electrons. The second kappa shape index (κ2) is 7.08. The van der Waals surface area contributed by atoms with Crippen molar-refractivity contribution < 1.29 is 18.1 Å². The molecule has 1 aromatic heterocycles. The van der Waals surface area contributed by atoms with Crippen LogP contribution in [0.3, 0.4) is 0 Å². The molecule has 0 amide bonds. The highest BCUT2D eigenvalue weighted by Crippen LogP contribution is 2.31. The second-order valence-corrected chi connectivity index (χ2v) is 7.72. The fourth-order valence-electron chi connectivity index (χ4n) is 3.15. The predicted molar refractivity (Wildman–Crippen MR) is 108 cm³/mol. The lowest BCUT2D eigenvalue weighted by Crippen LogP contribution is -2.20. The van der Waals surface area contributed by atoms with Gasteiger partial charge in [0.05, 0.1) is 16.3 Å². The number of para-hydroxylation sites is 2. The molecule has 3 aromatic carbocycles. The topological polar surface area (TPSA) is 102 Å². The van der Waals surface area contributed by atoms with Crippen molar-refractivity contribution in [2.75, 3.05) is 0 Å². The third kappa shape index (κ3) is 3.35. The second-order valence-electron chi connectivity index (χ2n) is 6.30. The molecule has 0 fully saturated rings. The summed E-state index contributed by atoms with van der Waals surface area (Å²) in [6.45, 7) is 0. The van der Waals surface area contributed by atoms with E-state index in [0.717, 1.165) is 0 Å². The van der Waals surface area contributed by atoms with Gasteiger partial charge in [0.25, 0.3) is 15.7 Å². The quantitative estimate of drug-likeness (QED) is 0.505. The third-order valence-electron chi connectivity index (χ3n) is 4.47. The zero-order chi connectivity index (χ0) is 20.6. The molecule has 0 spiro atoms. The van der Waals surface area contributed by atoms with Gasteiger partial charge in [-0.25, -0.2) is 9.36 Å². The minimum absolute atomic E-state index is 0.0135. The molecule has 0 saturated heterocycles. The standard InChI is InChI=1S/C21H16N2O5S/c24-20-19(15-11-13-18(14-12-15)29(26,27)28)21(25)23(17-9-5-2-6-10-17)22(20)16-7-3-1-4-8-16/h1-14,24H,(H,26,27,28). The molecule has 0 aliphatic carbocycles. The Morgan fingerprint density at radius 3 is 1.66 bits per heavy atom. The van der Waals surface area contributed by atoms with Gasteiger partial charge >= 0.3 is 0 Å². The van der Waals surface area contributed by atoms with Crippen molar-refractivity contribution in [1.82, 2.24) is 9.36 Å². The summed E-state index contributed by atoms with van der Waals surface area (Å²) in [5.41, 5.74) is 0.986. The highest BCUT2D eigenvalue weighted by atomic mass is 32.2. The zero-order valence-electron chi connectivity index (χ0n) is 15.0. The Balaban J connectivity index is 2.00. The highest BCUT2D eigenvalue weighted by molar-refractivity contribution is 7.85. The minimum atomic E-state index is -4.36. The van der Waals surface area contributed by atoms with E-state index < -0.39 is 15.7 Å². The van der Waals surface area contributed by atoms with E-state index in [0.29, 0.717) is 16.9 Å². The van der Waals surface area contributed by atoms with E-state index in [9.17, 15) is 18.3 Å². The third-order valence-corrected chi connectivity index (χ3v) is 5.34. The summed E-state index contributed by atoms with van der Waals surface area (Å²) in [6.07, 6.45) is 0. The molecule has 0 bridgehead atoms. The molecule has 2 N–H and O–H groups in total. The van der Waals surface area contributed by atoms with Crippen LogP contribution in [0, 0.1) is 0 Å². The van der Waals surface area contributed by atoms with Gasteiger partial charge < -0.3 is 5.11 Å². The molecule has 146 valence electrons. The molecule has 0 aliphatic heterocycles. The lowest BCUT2D eigenvalue weighted by atomic mass is 10.1. The summed E-state index contributed by atoms with van der Waals surface area (Å²) in [4.78, 5) is 13.0. The number of aromatic hydroxyl groups is 1. The lowest BCUT2D eigenvalue weighted by molar-refractivity contribution is 0.427. The first-order valence-corrected chi connectivity index (χ1v) is 10.1. The van der Waals surface area contributed by atoms with Gasteiger partial charge in [-0.3, -0.25) is 9.35 Å². The summed E-state index contributed by atoms with van der Waals surface area (Å²) >= 11 is 0. The first kappa shape index (κ1) is 18.7. The van der Waals surface area contributed by atoms with Crippen LogP contribution >= 0.6 is 0 Å². The van der Waals surface area contributed by atoms with Crippen LogP contribution in [0.15, 0.2) is 94.6 Å². The molecular weight excluding hydrogens is 392 g/mol. The molecular formula is C21H16N2O5S. The average Bonchev–Trinajstić information content (AvgIpc) is 2.99. The Bertz CT molecular complexity index is 1320. The van der Waals surface area contributed by atoms with Gasteiger partial charge in [0.1, 0.15) is 5.56 Å². The van der Waals surface area contributed by atoms with Gasteiger partial charge in [-0.2, -0.15) is 8.42 Å². The van der Waals surface area contributed by atoms with Gasteiger partial charge in [0.15, 0.2) is 0 Å². The number of nitrogens with zero attached hydrogens (tertiary/aromatic N) is 2. The van der Waals surface area contributed by atoms with Gasteiger partial charge in [-0.1, -0.05) is 48.5 Å². The van der Waals surface area contributed by atoms with Crippen LogP contribution in [0.1, 0.15) is 0 Å². The maximum Gasteiger partial charge on any atom is 0.294 e. The summed E-state index contributed by atoms with van der Waals surface area (Å²) < 4.78 is 34.5. The molecule has 0 unspecified atom stereocenters. The van der Waals surface area contributed by atoms with Crippen molar-refractivity contribution >= 4 is 10.1 Å². The van der Waals surface area contributed by atoms with Crippen LogP contribution in [-0.2, 0) is 10.1 Å². The maximum atomic E-state index is 13.3. The number of hydrogen-bond acceptors (Lipinski definition) is 4. The average molecular weight is 408 g/mol. The van der Waals surface area contributed by atoms with E-state index in [1.54, 1.807) is 48.5 Å². The predicted octanol–water partition coefficient (Wildman–Crippen LogP) is 3.25. The normalized spacial score (nSPS) is 11.5. The van der Waals surface area contributed by atoms with E-state index >= 15 is 0 Å². The van der Waals surface area contributed by atoms with E-state index in [4.69, 9.17) is 4.55 Å². The van der Waals surface area contributed by atoms with Crippen LogP contribution in [-0.4, -0.2) is 27.4 Å². The van der Waals surface area contributed by atoms with Gasteiger partial charge in [-0.05, 0) is 42.0 Å². The molecule has 29 heavy (non-hydrogen) atoms. The van der Waals surface area contributed by atoms with Crippen LogP contribution in [0.4, 0.5) is 0 Å². The molecule has 0 saturated carbocycles. The monoisotopic (exact) mass is 408 g/mol. The molecule has 4 aromatic rings. The van der Waals surface area contributed by atoms with Crippen molar-refractivity contribution in [2.24, 2.45) is 0 Å². The minimum Gasteiger partial charge on any atom is -0.493 e. The smallest absolute Gasteiger partial charge is 0.294 e. The Labute approximate surface area is 166 Å². The van der Waals surface area contributed by atoms with Crippen molar-refractivity contribution in [2.45, 2.75) is 4.90 Å². The van der Waals surface area contributed by atoms with E-state index in [-0.39, 0.29) is 16.3 Å². The summed E-state index contributed by atoms with van der Waals surface area (Å²) in [5, 5.41) is 11.0. The molecule has 1 heterocycles. The number of aromatic nitrogens is 2. The van der Waals surface area contributed by atoms with Crippen molar-refractivity contribution in [3.8, 4) is 28.4 Å². The number of rotatable bonds is 4. The molecule has 0 aliphatic rings. The summed E-state index contributed by atoms with van der Waals surface area (Å²) in [5.74, 6) is -0.287. The largest absolute Gasteiger partial charge is 0.493 e. The van der Waals surface area contributed by atoms with Gasteiger partial charge in [-0.15, -0.1) is 0 Å². The van der Waals surface area contributed by atoms with Crippen LogP contribution in [0.5, 0.6) is 5.88 Å². The van der Waals surface area contributed by atoms with Crippen molar-refractivity contribution in [3.63, 3.8) is 0 Å². The first-order chi connectivity index (χ1) is 13.9. The highest BCUT2D eigenvalue weighted by Gasteiger charge is 2.23. The fraction of sp³-hybridized carbons (Fsp3) is 0. The lowest BCUT2D eigenvalue weighted by Gasteiger charge is -2.12. The van der Waals surface area contributed by atoms with Crippen molar-refractivity contribution in [1.29, 1.82) is 0 Å². The Morgan fingerprint density at radius 2 is 1.17 bits per heavy atom. The SMILES string of the molecule is O=c1c(-c2ccc(S(=O)(=O)O)cc2)c(O)n(-c2ccccc2)n1-c1ccccc1. The molecule has 7 nitrogen and oxygen atoms in total. The van der Waals surface area contributed by atoms with E-state index in [1.807, 2.05) is 12.1 Å². The van der Waals surface area contributed by atoms with E-state index in [2.05, 4.69) is 0 Å². The number of hydrogen-bond donors (Lipinski definition) is 2. The van der Waals surface area contributed by atoms with Crippen LogP contribution in [0.25, 0.3) is 22.5 Å². The van der Waals surface area contributed by atoms with Crippen LogP contribution in [0.2, 0.25) is 0 Å². The van der Waals surface area contributed by atoms with Gasteiger partial charge in [0.2, 0.25) is 5.88 Å². The Morgan fingerprint density at radius 1 is 0.690 bits per heavy atom. The molecule has 8 heteroatoms. The Kier molecular flexibility index (Phi) is 4.57. The van der Waals surface area contributed by atoms with Crippen molar-refractivity contribution in [3.05, 3.63) is 95.3 Å². The Hall–Kier alpha value is -3.62. The summed E-state index contributed by atoms with van der Waals surface area (Å²) in [6, 6.07) is 22.8. The molecule has 0 atom stereocenters. The van der Waals surface area contributed by atoms with E-state index in [1.165, 1.54) is 33.6 Å². The van der Waals surface area contributed by atoms with Crippen LogP contribution < -0.4 is 5.56 Å². The van der Waals surface area contributed by atoms with Gasteiger partial charge in [0, 0.05) is 0 Å². The maximum absolute atomic E-state index is 13.3. The number of benzene rings is 3. The zero-order valence-corrected chi connectivity index (χ0v) is 15.8.